The van der Waals surface area contributed by atoms with Crippen LogP contribution in [-0.4, -0.2) is 4.57 Å². The molecular formula is C16H22FN. The summed E-state index contributed by atoms with van der Waals surface area (Å²) in [6.45, 7) is 5.48. The summed E-state index contributed by atoms with van der Waals surface area (Å²) in [6, 6.07) is 7.10. The van der Waals surface area contributed by atoms with Crippen molar-refractivity contribution in [3.05, 3.63) is 36.3 Å². The van der Waals surface area contributed by atoms with Gasteiger partial charge in [-0.15, -0.1) is 0 Å². The molecule has 0 saturated carbocycles. The van der Waals surface area contributed by atoms with Gasteiger partial charge in [0, 0.05) is 12.7 Å². The molecule has 2 aromatic rings. The Hall–Kier alpha value is -1.31. The summed E-state index contributed by atoms with van der Waals surface area (Å²) in [7, 11) is 0. The van der Waals surface area contributed by atoms with Crippen LogP contribution >= 0.6 is 0 Å². The number of rotatable bonds is 6. The van der Waals surface area contributed by atoms with Gasteiger partial charge in [-0.25, -0.2) is 4.39 Å². The third kappa shape index (κ3) is 2.92. The standard InChI is InChI=1S/C16H22FN/c1-3-5-6-13(4-2)12-18-10-9-14-7-8-15(17)11-16(14)18/h7-11,13H,3-6,12H2,1-2H3. The molecule has 1 heterocycles. The summed E-state index contributed by atoms with van der Waals surface area (Å²) in [6.07, 6.45) is 7.07. The largest absolute Gasteiger partial charge is 0.347 e. The third-order valence-electron chi connectivity index (χ3n) is 3.73. The molecule has 0 fully saturated rings. The molecule has 0 spiro atoms. The molecule has 1 unspecified atom stereocenters. The summed E-state index contributed by atoms with van der Waals surface area (Å²) in [5, 5.41) is 1.13. The Morgan fingerprint density at radius 2 is 2.06 bits per heavy atom. The van der Waals surface area contributed by atoms with Crippen molar-refractivity contribution in [2.75, 3.05) is 0 Å². The number of unbranched alkanes of at least 4 members (excludes halogenated alkanes) is 1. The number of halogens is 1. The summed E-state index contributed by atoms with van der Waals surface area (Å²) in [4.78, 5) is 0. The smallest absolute Gasteiger partial charge is 0.125 e. The van der Waals surface area contributed by atoms with Gasteiger partial charge >= 0.3 is 0 Å². The van der Waals surface area contributed by atoms with E-state index in [1.54, 1.807) is 6.07 Å². The Morgan fingerprint density at radius 1 is 1.22 bits per heavy atom. The molecule has 0 saturated heterocycles. The number of benzene rings is 1. The molecule has 0 aliphatic heterocycles. The van der Waals surface area contributed by atoms with E-state index in [1.807, 2.05) is 6.07 Å². The molecule has 0 radical (unpaired) electrons. The van der Waals surface area contributed by atoms with Crippen LogP contribution in [0.4, 0.5) is 4.39 Å². The maximum absolute atomic E-state index is 13.3. The lowest BCUT2D eigenvalue weighted by Crippen LogP contribution is -2.09. The highest BCUT2D eigenvalue weighted by molar-refractivity contribution is 5.80. The van der Waals surface area contributed by atoms with E-state index >= 15 is 0 Å². The Balaban J connectivity index is 2.17. The maximum Gasteiger partial charge on any atom is 0.125 e. The summed E-state index contributed by atoms with van der Waals surface area (Å²) >= 11 is 0. The van der Waals surface area contributed by atoms with Gasteiger partial charge in [0.25, 0.3) is 0 Å². The fourth-order valence-electron chi connectivity index (χ4n) is 2.51. The van der Waals surface area contributed by atoms with Crippen LogP contribution in [0.2, 0.25) is 0 Å². The van der Waals surface area contributed by atoms with Gasteiger partial charge < -0.3 is 4.57 Å². The molecule has 2 rings (SSSR count). The molecule has 1 aromatic heterocycles. The van der Waals surface area contributed by atoms with Crippen LogP contribution < -0.4 is 0 Å². The van der Waals surface area contributed by atoms with Gasteiger partial charge in [-0.1, -0.05) is 33.1 Å². The minimum atomic E-state index is -0.149. The summed E-state index contributed by atoms with van der Waals surface area (Å²) in [5.41, 5.74) is 1.02. The van der Waals surface area contributed by atoms with Gasteiger partial charge in [0.05, 0.1) is 5.52 Å². The zero-order valence-corrected chi connectivity index (χ0v) is 11.3. The quantitative estimate of drug-likeness (QED) is 0.677. The van der Waals surface area contributed by atoms with E-state index in [0.717, 1.165) is 17.4 Å². The third-order valence-corrected chi connectivity index (χ3v) is 3.73. The molecular weight excluding hydrogens is 225 g/mol. The second-order valence-corrected chi connectivity index (χ2v) is 5.09. The van der Waals surface area contributed by atoms with Crippen molar-refractivity contribution < 1.29 is 4.39 Å². The lowest BCUT2D eigenvalue weighted by molar-refractivity contribution is 0.396. The average Bonchev–Trinajstić information content (AvgIpc) is 2.77. The van der Waals surface area contributed by atoms with Gasteiger partial charge in [0.15, 0.2) is 0 Å². The zero-order valence-electron chi connectivity index (χ0n) is 11.3. The molecule has 18 heavy (non-hydrogen) atoms. The number of fused-ring (bicyclic) bond motifs is 1. The number of aromatic nitrogens is 1. The van der Waals surface area contributed by atoms with Crippen LogP contribution in [0.25, 0.3) is 10.9 Å². The molecule has 0 aliphatic rings. The summed E-state index contributed by atoms with van der Waals surface area (Å²) < 4.78 is 15.5. The summed E-state index contributed by atoms with van der Waals surface area (Å²) in [5.74, 6) is 0.549. The SMILES string of the molecule is CCCCC(CC)Cn1ccc2ccc(F)cc21. The first-order valence-corrected chi connectivity index (χ1v) is 6.99. The van der Waals surface area contributed by atoms with Crippen LogP contribution in [0.1, 0.15) is 39.5 Å². The van der Waals surface area contributed by atoms with Gasteiger partial charge in [-0.3, -0.25) is 0 Å². The molecule has 2 heteroatoms. The van der Waals surface area contributed by atoms with Crippen molar-refractivity contribution in [2.45, 2.75) is 46.1 Å². The minimum Gasteiger partial charge on any atom is -0.347 e. The first-order valence-electron chi connectivity index (χ1n) is 6.99. The van der Waals surface area contributed by atoms with E-state index in [0.29, 0.717) is 5.92 Å². The van der Waals surface area contributed by atoms with Crippen molar-refractivity contribution >= 4 is 10.9 Å². The van der Waals surface area contributed by atoms with E-state index in [9.17, 15) is 4.39 Å². The Morgan fingerprint density at radius 3 is 2.78 bits per heavy atom. The van der Waals surface area contributed by atoms with E-state index in [-0.39, 0.29) is 5.82 Å². The van der Waals surface area contributed by atoms with Crippen molar-refractivity contribution in [3.63, 3.8) is 0 Å². The van der Waals surface area contributed by atoms with E-state index in [1.165, 1.54) is 31.7 Å². The molecule has 0 bridgehead atoms. The van der Waals surface area contributed by atoms with E-state index in [4.69, 9.17) is 0 Å². The lowest BCUT2D eigenvalue weighted by Gasteiger charge is -2.16. The van der Waals surface area contributed by atoms with E-state index in [2.05, 4.69) is 30.7 Å². The normalized spacial score (nSPS) is 13.1. The fraction of sp³-hybridized carbons (Fsp3) is 0.500. The Labute approximate surface area is 109 Å². The lowest BCUT2D eigenvalue weighted by atomic mass is 9.99. The van der Waals surface area contributed by atoms with Crippen LogP contribution in [-0.2, 0) is 6.54 Å². The van der Waals surface area contributed by atoms with Crippen LogP contribution in [0, 0.1) is 11.7 Å². The van der Waals surface area contributed by atoms with Crippen molar-refractivity contribution in [3.8, 4) is 0 Å². The van der Waals surface area contributed by atoms with Gasteiger partial charge in [-0.05, 0) is 42.0 Å². The molecule has 98 valence electrons. The second-order valence-electron chi connectivity index (χ2n) is 5.09. The zero-order chi connectivity index (χ0) is 13.0. The van der Waals surface area contributed by atoms with Gasteiger partial charge in [-0.2, -0.15) is 0 Å². The maximum atomic E-state index is 13.3. The van der Waals surface area contributed by atoms with Crippen LogP contribution in [0.5, 0.6) is 0 Å². The Bertz CT molecular complexity index is 501. The van der Waals surface area contributed by atoms with Crippen LogP contribution in [0.3, 0.4) is 0 Å². The molecule has 1 aromatic carbocycles. The van der Waals surface area contributed by atoms with Crippen molar-refractivity contribution in [2.24, 2.45) is 5.92 Å². The highest BCUT2D eigenvalue weighted by atomic mass is 19.1. The predicted octanol–water partition coefficient (Wildman–Crippen LogP) is 5.00. The highest BCUT2D eigenvalue weighted by Crippen LogP contribution is 2.21. The number of hydrogen-bond acceptors (Lipinski definition) is 0. The van der Waals surface area contributed by atoms with Crippen molar-refractivity contribution in [1.82, 2.24) is 4.57 Å². The first-order chi connectivity index (χ1) is 8.74. The molecule has 0 N–H and O–H groups in total. The minimum absolute atomic E-state index is 0.149. The molecule has 1 atom stereocenters. The predicted molar refractivity (Wildman–Crippen MR) is 75.2 cm³/mol. The highest BCUT2D eigenvalue weighted by Gasteiger charge is 2.09. The fourth-order valence-corrected chi connectivity index (χ4v) is 2.51. The van der Waals surface area contributed by atoms with Crippen LogP contribution in [0.15, 0.2) is 30.5 Å². The molecule has 0 amide bonds. The van der Waals surface area contributed by atoms with Gasteiger partial charge in [0.1, 0.15) is 5.82 Å². The monoisotopic (exact) mass is 247 g/mol. The molecule has 0 aliphatic carbocycles. The van der Waals surface area contributed by atoms with E-state index < -0.39 is 0 Å². The number of nitrogens with zero attached hydrogens (tertiary/aromatic N) is 1. The topological polar surface area (TPSA) is 4.93 Å². The number of hydrogen-bond donors (Lipinski definition) is 0. The molecule has 1 nitrogen and oxygen atoms in total. The Kier molecular flexibility index (Phi) is 4.40. The first kappa shape index (κ1) is 13.1. The average molecular weight is 247 g/mol. The van der Waals surface area contributed by atoms with Crippen molar-refractivity contribution in [1.29, 1.82) is 0 Å². The second kappa shape index (κ2) is 6.03. The van der Waals surface area contributed by atoms with Gasteiger partial charge in [0.2, 0.25) is 0 Å².